The molecule has 1 aromatic carbocycles. The van der Waals surface area contributed by atoms with Crippen molar-refractivity contribution in [1.29, 1.82) is 0 Å². The molecule has 0 fully saturated rings. The SMILES string of the molecule is COC(=O)C(NCC(C)C)c1ccccc1OC. The molecular weight excluding hydrogens is 230 g/mol. The van der Waals surface area contributed by atoms with Crippen LogP contribution in [0.3, 0.4) is 0 Å². The molecule has 1 N–H and O–H groups in total. The molecule has 0 aromatic heterocycles. The fraction of sp³-hybridized carbons (Fsp3) is 0.500. The van der Waals surface area contributed by atoms with Crippen LogP contribution in [0.15, 0.2) is 24.3 Å². The fourth-order valence-electron chi connectivity index (χ4n) is 1.70. The van der Waals surface area contributed by atoms with Crippen LogP contribution in [-0.4, -0.2) is 26.7 Å². The Morgan fingerprint density at radius 1 is 1.28 bits per heavy atom. The van der Waals surface area contributed by atoms with E-state index in [0.717, 1.165) is 12.1 Å². The van der Waals surface area contributed by atoms with E-state index in [9.17, 15) is 4.79 Å². The van der Waals surface area contributed by atoms with Crippen molar-refractivity contribution in [2.24, 2.45) is 5.92 Å². The largest absolute Gasteiger partial charge is 0.496 e. The second kappa shape index (κ2) is 7.01. The summed E-state index contributed by atoms with van der Waals surface area (Å²) in [5.74, 6) is 0.830. The zero-order chi connectivity index (χ0) is 13.5. The third kappa shape index (κ3) is 3.74. The topological polar surface area (TPSA) is 47.6 Å². The van der Waals surface area contributed by atoms with Gasteiger partial charge in [0.05, 0.1) is 14.2 Å². The summed E-state index contributed by atoms with van der Waals surface area (Å²) in [6, 6.07) is 6.97. The van der Waals surface area contributed by atoms with Crippen molar-refractivity contribution in [3.63, 3.8) is 0 Å². The molecule has 18 heavy (non-hydrogen) atoms. The Bertz CT molecular complexity index is 390. The summed E-state index contributed by atoms with van der Waals surface area (Å²) in [4.78, 5) is 11.9. The lowest BCUT2D eigenvalue weighted by Crippen LogP contribution is -2.32. The Morgan fingerprint density at radius 3 is 2.50 bits per heavy atom. The zero-order valence-electron chi connectivity index (χ0n) is 11.4. The first-order valence-corrected chi connectivity index (χ1v) is 6.04. The quantitative estimate of drug-likeness (QED) is 0.787. The maximum atomic E-state index is 11.9. The van der Waals surface area contributed by atoms with Gasteiger partial charge in [-0.1, -0.05) is 32.0 Å². The van der Waals surface area contributed by atoms with Gasteiger partial charge in [0.2, 0.25) is 0 Å². The second-order valence-corrected chi connectivity index (χ2v) is 4.50. The van der Waals surface area contributed by atoms with Crippen molar-refractivity contribution in [3.05, 3.63) is 29.8 Å². The number of hydrogen-bond donors (Lipinski definition) is 1. The molecule has 4 heteroatoms. The molecule has 0 radical (unpaired) electrons. The van der Waals surface area contributed by atoms with Crippen molar-refractivity contribution in [3.8, 4) is 5.75 Å². The number of carbonyl (C=O) groups excluding carboxylic acids is 1. The van der Waals surface area contributed by atoms with Crippen molar-refractivity contribution in [2.75, 3.05) is 20.8 Å². The van der Waals surface area contributed by atoms with Crippen molar-refractivity contribution in [2.45, 2.75) is 19.9 Å². The molecular formula is C14H21NO3. The molecule has 1 aromatic rings. The summed E-state index contributed by atoms with van der Waals surface area (Å²) in [6.07, 6.45) is 0. The Kier molecular flexibility index (Phi) is 5.65. The number of esters is 1. The highest BCUT2D eigenvalue weighted by atomic mass is 16.5. The molecule has 0 aliphatic carbocycles. The average molecular weight is 251 g/mol. The van der Waals surface area contributed by atoms with E-state index in [1.807, 2.05) is 24.3 Å². The number of methoxy groups -OCH3 is 2. The summed E-state index contributed by atoms with van der Waals surface area (Å²) in [6.45, 7) is 4.91. The molecule has 1 atom stereocenters. The Morgan fingerprint density at radius 2 is 1.94 bits per heavy atom. The van der Waals surface area contributed by atoms with E-state index in [1.165, 1.54) is 7.11 Å². The highest BCUT2D eigenvalue weighted by molar-refractivity contribution is 5.78. The monoisotopic (exact) mass is 251 g/mol. The van der Waals surface area contributed by atoms with Gasteiger partial charge in [-0.2, -0.15) is 0 Å². The van der Waals surface area contributed by atoms with Crippen LogP contribution in [0.2, 0.25) is 0 Å². The predicted molar refractivity (Wildman–Crippen MR) is 70.6 cm³/mol. The number of para-hydroxylation sites is 1. The van der Waals surface area contributed by atoms with E-state index < -0.39 is 6.04 Å². The van der Waals surface area contributed by atoms with E-state index >= 15 is 0 Å². The van der Waals surface area contributed by atoms with Gasteiger partial charge in [-0.15, -0.1) is 0 Å². The van der Waals surface area contributed by atoms with Gasteiger partial charge in [-0.3, -0.25) is 0 Å². The van der Waals surface area contributed by atoms with Gasteiger partial charge in [0.15, 0.2) is 0 Å². The van der Waals surface area contributed by atoms with Crippen LogP contribution in [0.1, 0.15) is 25.5 Å². The van der Waals surface area contributed by atoms with E-state index in [2.05, 4.69) is 19.2 Å². The molecule has 0 amide bonds. The third-order valence-electron chi connectivity index (χ3n) is 2.62. The molecule has 0 saturated heterocycles. The van der Waals surface area contributed by atoms with Crippen LogP contribution in [0, 0.1) is 5.92 Å². The van der Waals surface area contributed by atoms with E-state index in [0.29, 0.717) is 11.7 Å². The normalized spacial score (nSPS) is 12.3. The number of benzene rings is 1. The second-order valence-electron chi connectivity index (χ2n) is 4.50. The highest BCUT2D eigenvalue weighted by Crippen LogP contribution is 2.25. The number of hydrogen-bond acceptors (Lipinski definition) is 4. The molecule has 4 nitrogen and oxygen atoms in total. The van der Waals surface area contributed by atoms with E-state index in [1.54, 1.807) is 7.11 Å². The lowest BCUT2D eigenvalue weighted by molar-refractivity contribution is -0.143. The molecule has 0 spiro atoms. The Hall–Kier alpha value is -1.55. The minimum Gasteiger partial charge on any atom is -0.496 e. The van der Waals surface area contributed by atoms with Crippen LogP contribution in [-0.2, 0) is 9.53 Å². The molecule has 1 unspecified atom stereocenters. The molecule has 0 aliphatic rings. The fourth-order valence-corrected chi connectivity index (χ4v) is 1.70. The predicted octanol–water partition coefficient (Wildman–Crippen LogP) is 2.15. The summed E-state index contributed by atoms with van der Waals surface area (Å²) in [5, 5.41) is 3.21. The van der Waals surface area contributed by atoms with E-state index in [4.69, 9.17) is 9.47 Å². The zero-order valence-corrected chi connectivity index (χ0v) is 11.4. The standard InChI is InChI=1S/C14H21NO3/c1-10(2)9-15-13(14(16)18-4)11-7-5-6-8-12(11)17-3/h5-8,10,13,15H,9H2,1-4H3. The van der Waals surface area contributed by atoms with E-state index in [-0.39, 0.29) is 5.97 Å². The average Bonchev–Trinajstić information content (AvgIpc) is 2.38. The lowest BCUT2D eigenvalue weighted by Gasteiger charge is -2.20. The molecule has 100 valence electrons. The minimum atomic E-state index is -0.492. The van der Waals surface area contributed by atoms with Crippen molar-refractivity contribution >= 4 is 5.97 Å². The van der Waals surface area contributed by atoms with Crippen LogP contribution in [0.5, 0.6) is 5.75 Å². The van der Waals surface area contributed by atoms with Gasteiger partial charge in [0.25, 0.3) is 0 Å². The maximum absolute atomic E-state index is 11.9. The van der Waals surface area contributed by atoms with Gasteiger partial charge in [-0.25, -0.2) is 4.79 Å². The number of nitrogens with one attached hydrogen (secondary N) is 1. The molecule has 0 saturated carbocycles. The number of carbonyl (C=O) groups is 1. The molecule has 0 bridgehead atoms. The first-order valence-electron chi connectivity index (χ1n) is 6.04. The highest BCUT2D eigenvalue weighted by Gasteiger charge is 2.24. The third-order valence-corrected chi connectivity index (χ3v) is 2.62. The first-order chi connectivity index (χ1) is 8.60. The summed E-state index contributed by atoms with van der Waals surface area (Å²) in [7, 11) is 2.98. The molecule has 0 heterocycles. The van der Waals surface area contributed by atoms with Gasteiger partial charge < -0.3 is 14.8 Å². The van der Waals surface area contributed by atoms with Crippen LogP contribution in [0.25, 0.3) is 0 Å². The Balaban J connectivity index is 2.97. The van der Waals surface area contributed by atoms with Crippen molar-refractivity contribution < 1.29 is 14.3 Å². The smallest absolute Gasteiger partial charge is 0.327 e. The van der Waals surface area contributed by atoms with Gasteiger partial charge in [-0.05, 0) is 18.5 Å². The van der Waals surface area contributed by atoms with Crippen LogP contribution < -0.4 is 10.1 Å². The maximum Gasteiger partial charge on any atom is 0.327 e. The number of rotatable bonds is 6. The summed E-state index contributed by atoms with van der Waals surface area (Å²) in [5.41, 5.74) is 0.799. The van der Waals surface area contributed by atoms with Gasteiger partial charge >= 0.3 is 5.97 Å². The minimum absolute atomic E-state index is 0.305. The molecule has 0 aliphatic heterocycles. The molecule has 1 rings (SSSR count). The van der Waals surface area contributed by atoms with Crippen LogP contribution in [0.4, 0.5) is 0 Å². The van der Waals surface area contributed by atoms with Gasteiger partial charge in [0.1, 0.15) is 11.8 Å². The lowest BCUT2D eigenvalue weighted by atomic mass is 10.0. The Labute approximate surface area is 108 Å². The van der Waals surface area contributed by atoms with Crippen LogP contribution >= 0.6 is 0 Å². The van der Waals surface area contributed by atoms with Crippen molar-refractivity contribution in [1.82, 2.24) is 5.32 Å². The summed E-state index contributed by atoms with van der Waals surface area (Å²) < 4.78 is 10.1. The summed E-state index contributed by atoms with van der Waals surface area (Å²) >= 11 is 0. The first kappa shape index (κ1) is 14.5. The van der Waals surface area contributed by atoms with Gasteiger partial charge in [0, 0.05) is 5.56 Å². The number of ether oxygens (including phenoxy) is 2.